The number of nitrogens with zero attached hydrogens (tertiary/aromatic N) is 2. The van der Waals surface area contributed by atoms with E-state index in [2.05, 4.69) is 8.73 Å². The van der Waals surface area contributed by atoms with Gasteiger partial charge in [0.2, 0.25) is 0 Å². The van der Waals surface area contributed by atoms with Crippen LogP contribution in [0.5, 0.6) is 0 Å². The van der Waals surface area contributed by atoms with E-state index >= 15 is 0 Å². The van der Waals surface area contributed by atoms with Crippen LogP contribution in [0.15, 0.2) is 8.73 Å². The Morgan fingerprint density at radius 1 is 0.917 bits per heavy atom. The number of ketones is 1. The van der Waals surface area contributed by atoms with Crippen LogP contribution in [0.3, 0.4) is 0 Å². The lowest BCUT2D eigenvalue weighted by Gasteiger charge is -1.82. The van der Waals surface area contributed by atoms with E-state index < -0.39 is 39.9 Å². The first-order valence-corrected chi connectivity index (χ1v) is 4.64. The lowest BCUT2D eigenvalue weighted by Crippen LogP contribution is -2.05. The van der Waals surface area contributed by atoms with Gasteiger partial charge in [0.05, 0.1) is 0 Å². The molecule has 0 heterocycles. The molecule has 68 valence electrons. The van der Waals surface area contributed by atoms with Crippen LogP contribution in [-0.2, 0) is 25.8 Å². The van der Waals surface area contributed by atoms with Crippen molar-refractivity contribution in [2.45, 2.75) is 0 Å². The summed E-state index contributed by atoms with van der Waals surface area (Å²) in [5, 5.41) is 0. The molecular weight excluding hydrogens is 208 g/mol. The van der Waals surface area contributed by atoms with Crippen LogP contribution in [0.1, 0.15) is 0 Å². The van der Waals surface area contributed by atoms with E-state index in [-0.39, 0.29) is 0 Å². The number of Topliss-reactive ketones (excluding diaryl/α,β-unsaturated/α-hetero) is 1. The molecule has 0 aromatic carbocycles. The Morgan fingerprint density at radius 3 is 1.50 bits per heavy atom. The highest BCUT2D eigenvalue weighted by Gasteiger charge is 1.98. The smallest absolute Gasteiger partial charge is 0.295 e. The van der Waals surface area contributed by atoms with Gasteiger partial charge in [-0.15, -0.1) is 0 Å². The van der Waals surface area contributed by atoms with Gasteiger partial charge in [0.1, 0.15) is 13.1 Å². The minimum absolute atomic E-state index is 0.573. The topological polar surface area (TPSA) is 110 Å². The average Bonchev–Trinajstić information content (AvgIpc) is 1.96. The average molecular weight is 212 g/mol. The molecule has 0 saturated carbocycles. The summed E-state index contributed by atoms with van der Waals surface area (Å²) in [6.07, 6.45) is 0. The second-order valence-corrected chi connectivity index (χ2v) is 2.93. The number of carbonyl (C=O) groups is 1. The van der Waals surface area contributed by atoms with Gasteiger partial charge in [-0.25, -0.2) is 0 Å². The molecule has 0 amide bonds. The van der Waals surface area contributed by atoms with E-state index in [4.69, 9.17) is 0 Å². The van der Waals surface area contributed by atoms with E-state index in [1.807, 2.05) is 0 Å². The van der Waals surface area contributed by atoms with E-state index in [0.717, 1.165) is 0 Å². The Balaban J connectivity index is 4.10. The molecule has 0 N–H and O–H groups in total. The Morgan fingerprint density at radius 2 is 1.25 bits per heavy atom. The van der Waals surface area contributed by atoms with Crippen LogP contribution in [0.25, 0.3) is 0 Å². The predicted octanol–water partition coefficient (Wildman–Crippen LogP) is -1.32. The zero-order valence-electron chi connectivity index (χ0n) is 5.67. The molecule has 0 saturated heterocycles. The van der Waals surface area contributed by atoms with Crippen LogP contribution in [0.4, 0.5) is 0 Å². The molecule has 0 fully saturated rings. The monoisotopic (exact) mass is 212 g/mol. The summed E-state index contributed by atoms with van der Waals surface area (Å²) in [5.74, 6) is -0.677. The molecule has 0 aromatic heterocycles. The van der Waals surface area contributed by atoms with E-state index in [9.17, 15) is 21.6 Å². The minimum atomic E-state index is -2.64. The van der Waals surface area contributed by atoms with Gasteiger partial charge >= 0.3 is 21.0 Å². The van der Waals surface area contributed by atoms with Crippen LogP contribution >= 0.6 is 0 Å². The molecule has 0 aliphatic rings. The van der Waals surface area contributed by atoms with Crippen molar-refractivity contribution < 1.29 is 21.6 Å². The van der Waals surface area contributed by atoms with Crippen LogP contribution in [-0.4, -0.2) is 35.7 Å². The molecule has 0 spiro atoms. The lowest BCUT2D eigenvalue weighted by molar-refractivity contribution is -0.116. The fourth-order valence-electron chi connectivity index (χ4n) is 0.299. The summed E-state index contributed by atoms with van der Waals surface area (Å²) in [5.41, 5.74) is 0. The number of rotatable bonds is 4. The first-order chi connectivity index (χ1) is 5.52. The molecule has 0 bridgehead atoms. The largest absolute Gasteiger partial charge is 0.311 e. The first-order valence-electron chi connectivity index (χ1n) is 2.58. The Hall–Kier alpha value is -1.09. The van der Waals surface area contributed by atoms with Crippen LogP contribution in [0, 0.1) is 0 Å². The molecular formula is C3H4N2O5S2. The first kappa shape index (κ1) is 10.9. The summed E-state index contributed by atoms with van der Waals surface area (Å²) in [6.45, 7) is -1.15. The summed E-state index contributed by atoms with van der Waals surface area (Å²) in [7, 11) is -5.28. The highest BCUT2D eigenvalue weighted by molar-refractivity contribution is 7.61. The fourth-order valence-corrected chi connectivity index (χ4v) is 0.798. The SMILES string of the molecule is O=C(CN=S(=O)=O)CN=S(=O)=O. The van der Waals surface area contributed by atoms with Crippen molar-refractivity contribution in [3.63, 3.8) is 0 Å². The standard InChI is InChI=1S/C3H4N2O5S2/c6-3(1-4-11(7)8)2-5-12(9)10/h1-2H2. The summed E-state index contributed by atoms with van der Waals surface area (Å²) in [6, 6.07) is 0. The summed E-state index contributed by atoms with van der Waals surface area (Å²) < 4.78 is 44.7. The second-order valence-electron chi connectivity index (χ2n) is 1.55. The van der Waals surface area contributed by atoms with Gasteiger partial charge in [0.15, 0.2) is 5.78 Å². The van der Waals surface area contributed by atoms with Gasteiger partial charge in [-0.05, 0) is 0 Å². The minimum Gasteiger partial charge on any atom is -0.295 e. The molecule has 12 heavy (non-hydrogen) atoms. The Kier molecular flexibility index (Phi) is 5.04. The third-order valence-corrected chi connectivity index (χ3v) is 1.37. The van der Waals surface area contributed by atoms with Crippen molar-refractivity contribution in [3.8, 4) is 0 Å². The third-order valence-electron chi connectivity index (χ3n) is 0.693. The summed E-state index contributed by atoms with van der Waals surface area (Å²) >= 11 is 0. The van der Waals surface area contributed by atoms with Gasteiger partial charge in [-0.1, -0.05) is 0 Å². The van der Waals surface area contributed by atoms with Gasteiger partial charge < -0.3 is 0 Å². The van der Waals surface area contributed by atoms with Crippen molar-refractivity contribution in [2.75, 3.05) is 13.1 Å². The van der Waals surface area contributed by atoms with Crippen LogP contribution in [0.2, 0.25) is 0 Å². The number of hydrogen-bond donors (Lipinski definition) is 0. The van der Waals surface area contributed by atoms with E-state index in [1.165, 1.54) is 0 Å². The molecule has 0 rings (SSSR count). The van der Waals surface area contributed by atoms with Gasteiger partial charge in [0.25, 0.3) is 0 Å². The van der Waals surface area contributed by atoms with Gasteiger partial charge in [-0.3, -0.25) is 4.79 Å². The highest BCUT2D eigenvalue weighted by Crippen LogP contribution is 1.77. The molecule has 0 aliphatic heterocycles. The molecule has 0 unspecified atom stereocenters. The van der Waals surface area contributed by atoms with Crippen molar-refractivity contribution in [2.24, 2.45) is 8.73 Å². The number of carbonyl (C=O) groups excluding carboxylic acids is 1. The van der Waals surface area contributed by atoms with Gasteiger partial charge in [0, 0.05) is 0 Å². The molecule has 9 heteroatoms. The fraction of sp³-hybridized carbons (Fsp3) is 0.667. The molecule has 7 nitrogen and oxygen atoms in total. The lowest BCUT2D eigenvalue weighted by atomic mass is 10.4. The Labute approximate surface area is 70.8 Å². The predicted molar refractivity (Wildman–Crippen MR) is 37.4 cm³/mol. The summed E-state index contributed by atoms with van der Waals surface area (Å²) in [4.78, 5) is 10.5. The molecule has 0 atom stereocenters. The van der Waals surface area contributed by atoms with Crippen LogP contribution < -0.4 is 0 Å². The second kappa shape index (κ2) is 5.55. The highest BCUT2D eigenvalue weighted by atomic mass is 32.2. The van der Waals surface area contributed by atoms with Gasteiger partial charge in [-0.2, -0.15) is 25.6 Å². The zero-order chi connectivity index (χ0) is 9.56. The van der Waals surface area contributed by atoms with Crippen molar-refractivity contribution in [1.29, 1.82) is 0 Å². The van der Waals surface area contributed by atoms with Crippen molar-refractivity contribution in [1.82, 2.24) is 0 Å². The van der Waals surface area contributed by atoms with E-state index in [1.54, 1.807) is 0 Å². The maximum absolute atomic E-state index is 10.5. The quantitative estimate of drug-likeness (QED) is 0.574. The zero-order valence-corrected chi connectivity index (χ0v) is 7.30. The molecule has 0 aliphatic carbocycles. The maximum atomic E-state index is 10.5. The molecule has 0 aromatic rings. The number of hydrogen-bond acceptors (Lipinski definition) is 7. The normalized spacial score (nSPS) is 8.67. The van der Waals surface area contributed by atoms with E-state index in [0.29, 0.717) is 0 Å². The molecule has 0 radical (unpaired) electrons. The maximum Gasteiger partial charge on any atom is 0.311 e. The Bertz CT molecular complexity index is 360. The third kappa shape index (κ3) is 7.02. The van der Waals surface area contributed by atoms with Crippen molar-refractivity contribution in [3.05, 3.63) is 0 Å². The van der Waals surface area contributed by atoms with Crippen molar-refractivity contribution >= 4 is 26.8 Å².